The minimum absolute atomic E-state index is 0.170. The van der Waals surface area contributed by atoms with Crippen LogP contribution in [0.25, 0.3) is 0 Å². The van der Waals surface area contributed by atoms with Crippen molar-refractivity contribution in [3.63, 3.8) is 0 Å². The fraction of sp³-hybridized carbons (Fsp3) is 0.680. The number of nitrogens with one attached hydrogen (secondary N) is 1. The van der Waals surface area contributed by atoms with Crippen LogP contribution in [0.1, 0.15) is 38.8 Å². The SMILES string of the molecule is COCCOCCOCCO[C@H]1CCN(C(=O)C(NC(=O)OC(C)(C)C)c2ccc(OS(=O)(=O)C(F)(F)F)cc2)C1. The van der Waals surface area contributed by atoms with Gasteiger partial charge in [0.2, 0.25) is 5.91 Å². The van der Waals surface area contributed by atoms with Crippen LogP contribution in [0.15, 0.2) is 24.3 Å². The molecule has 0 saturated carbocycles. The molecule has 0 spiro atoms. The number of rotatable bonds is 15. The summed E-state index contributed by atoms with van der Waals surface area (Å²) in [5.41, 5.74) is -6.31. The summed E-state index contributed by atoms with van der Waals surface area (Å²) in [5.74, 6) is -1.13. The number of carbonyl (C=O) groups excluding carboxylic acids is 2. The number of amides is 2. The topological polar surface area (TPSA) is 139 Å². The van der Waals surface area contributed by atoms with Gasteiger partial charge in [0.05, 0.1) is 45.7 Å². The molecule has 2 amide bonds. The highest BCUT2D eigenvalue weighted by Crippen LogP contribution is 2.28. The van der Waals surface area contributed by atoms with Gasteiger partial charge in [0.25, 0.3) is 0 Å². The van der Waals surface area contributed by atoms with E-state index >= 15 is 0 Å². The summed E-state index contributed by atoms with van der Waals surface area (Å²) in [7, 11) is -4.29. The number of carbonyl (C=O) groups is 2. The lowest BCUT2D eigenvalue weighted by Gasteiger charge is -2.27. The van der Waals surface area contributed by atoms with Gasteiger partial charge in [-0.25, -0.2) is 4.79 Å². The zero-order valence-corrected chi connectivity index (χ0v) is 24.2. The Hall–Kier alpha value is -2.66. The molecule has 1 N–H and O–H groups in total. The summed E-state index contributed by atoms with van der Waals surface area (Å²) in [6.07, 6.45) is -0.634. The van der Waals surface area contributed by atoms with E-state index in [0.717, 1.165) is 12.1 Å². The quantitative estimate of drug-likeness (QED) is 0.178. The predicted octanol–water partition coefficient (Wildman–Crippen LogP) is 2.78. The van der Waals surface area contributed by atoms with Crippen LogP contribution in [0, 0.1) is 0 Å². The lowest BCUT2D eigenvalue weighted by molar-refractivity contribution is -0.133. The Morgan fingerprint density at radius 1 is 1.00 bits per heavy atom. The van der Waals surface area contributed by atoms with Gasteiger partial charge in [-0.15, -0.1) is 0 Å². The third-order valence-electron chi connectivity index (χ3n) is 5.45. The van der Waals surface area contributed by atoms with Crippen molar-refractivity contribution in [2.24, 2.45) is 0 Å². The number of nitrogens with zero attached hydrogens (tertiary/aromatic N) is 1. The number of benzene rings is 1. The van der Waals surface area contributed by atoms with Crippen LogP contribution in [0.5, 0.6) is 5.75 Å². The van der Waals surface area contributed by atoms with Gasteiger partial charge in [-0.2, -0.15) is 21.6 Å². The molecule has 12 nitrogen and oxygen atoms in total. The zero-order valence-electron chi connectivity index (χ0n) is 23.4. The normalized spacial score (nSPS) is 16.9. The van der Waals surface area contributed by atoms with Crippen molar-refractivity contribution < 1.29 is 59.0 Å². The highest BCUT2D eigenvalue weighted by Gasteiger charge is 2.48. The van der Waals surface area contributed by atoms with E-state index in [4.69, 9.17) is 23.7 Å². The molecule has 0 aliphatic carbocycles. The van der Waals surface area contributed by atoms with Crippen molar-refractivity contribution in [1.82, 2.24) is 10.2 Å². The van der Waals surface area contributed by atoms with Gasteiger partial charge in [-0.3, -0.25) is 4.79 Å². The molecule has 0 bridgehead atoms. The van der Waals surface area contributed by atoms with Gasteiger partial charge in [0.15, 0.2) is 0 Å². The van der Waals surface area contributed by atoms with Crippen molar-refractivity contribution in [3.8, 4) is 5.75 Å². The molecule has 234 valence electrons. The fourth-order valence-corrected chi connectivity index (χ4v) is 4.05. The van der Waals surface area contributed by atoms with E-state index in [1.165, 1.54) is 17.0 Å². The highest BCUT2D eigenvalue weighted by molar-refractivity contribution is 7.88. The van der Waals surface area contributed by atoms with E-state index in [9.17, 15) is 31.2 Å². The standard InChI is InChI=1S/C25H37F3N2O10S/c1-24(2,3)39-23(32)29-21(18-5-7-19(8-6-18)40-41(33,34)25(26,27)28)22(31)30-10-9-20(17-30)38-16-15-37-14-13-36-12-11-35-4/h5-8,20-21H,9-17H2,1-4H3,(H,29,32)/t20-,21?/m0/s1. The first kappa shape index (κ1) is 34.5. The third kappa shape index (κ3) is 12.0. The van der Waals surface area contributed by atoms with E-state index in [0.29, 0.717) is 52.6 Å². The minimum Gasteiger partial charge on any atom is -0.444 e. The average molecular weight is 615 g/mol. The highest BCUT2D eigenvalue weighted by atomic mass is 32.2. The summed E-state index contributed by atoms with van der Waals surface area (Å²) in [5, 5.41) is 2.49. The second-order valence-corrected chi connectivity index (χ2v) is 11.5. The second-order valence-electron chi connectivity index (χ2n) is 9.91. The molecule has 0 radical (unpaired) electrons. The van der Waals surface area contributed by atoms with Crippen molar-refractivity contribution in [2.45, 2.75) is 50.4 Å². The number of hydrogen-bond donors (Lipinski definition) is 1. The van der Waals surface area contributed by atoms with E-state index < -0.39 is 45.0 Å². The Kier molecular flexibility index (Phi) is 13.1. The average Bonchev–Trinajstić information content (AvgIpc) is 3.33. The summed E-state index contributed by atoms with van der Waals surface area (Å²) < 4.78 is 91.3. The maximum Gasteiger partial charge on any atom is 0.534 e. The maximum atomic E-state index is 13.4. The van der Waals surface area contributed by atoms with E-state index in [1.807, 2.05) is 0 Å². The third-order valence-corrected chi connectivity index (χ3v) is 6.43. The largest absolute Gasteiger partial charge is 0.534 e. The lowest BCUT2D eigenvalue weighted by Crippen LogP contribution is -2.44. The van der Waals surface area contributed by atoms with Gasteiger partial charge in [-0.05, 0) is 44.9 Å². The van der Waals surface area contributed by atoms with Gasteiger partial charge in [0.1, 0.15) is 17.4 Å². The number of hydrogen-bond acceptors (Lipinski definition) is 10. The van der Waals surface area contributed by atoms with Gasteiger partial charge >= 0.3 is 21.7 Å². The molecule has 1 saturated heterocycles. The number of halogens is 3. The molecule has 16 heteroatoms. The van der Waals surface area contributed by atoms with Crippen LogP contribution in [-0.2, 0) is 38.6 Å². The van der Waals surface area contributed by atoms with Gasteiger partial charge in [0, 0.05) is 20.2 Å². The maximum absolute atomic E-state index is 13.4. The van der Waals surface area contributed by atoms with Crippen molar-refractivity contribution in [1.29, 1.82) is 0 Å². The summed E-state index contributed by atoms with van der Waals surface area (Å²) in [6, 6.07) is 2.99. The van der Waals surface area contributed by atoms with E-state index in [-0.39, 0.29) is 18.2 Å². The van der Waals surface area contributed by atoms with Gasteiger partial charge in [-0.1, -0.05) is 12.1 Å². The van der Waals surface area contributed by atoms with Crippen molar-refractivity contribution >= 4 is 22.1 Å². The zero-order chi connectivity index (χ0) is 30.7. The van der Waals surface area contributed by atoms with E-state index in [1.54, 1.807) is 27.9 Å². The first-order valence-electron chi connectivity index (χ1n) is 12.8. The summed E-state index contributed by atoms with van der Waals surface area (Å²) in [6.45, 7) is 7.89. The summed E-state index contributed by atoms with van der Waals surface area (Å²) in [4.78, 5) is 27.4. The monoisotopic (exact) mass is 614 g/mol. The Bertz CT molecular complexity index is 1080. The van der Waals surface area contributed by atoms with Crippen LogP contribution in [-0.4, -0.2) is 102 Å². The minimum atomic E-state index is -5.88. The molecule has 1 aromatic carbocycles. The number of alkyl carbamates (subject to hydrolysis) is 1. The molecule has 1 fully saturated rings. The predicted molar refractivity (Wildman–Crippen MR) is 139 cm³/mol. The Balaban J connectivity index is 2.00. The number of alkyl halides is 3. The molecular formula is C25H37F3N2O10S. The second kappa shape index (κ2) is 15.5. The van der Waals surface area contributed by atoms with Crippen LogP contribution < -0.4 is 9.50 Å². The van der Waals surface area contributed by atoms with Crippen molar-refractivity contribution in [2.75, 3.05) is 59.8 Å². The van der Waals surface area contributed by atoms with Crippen LogP contribution >= 0.6 is 0 Å². The first-order valence-corrected chi connectivity index (χ1v) is 14.2. The van der Waals surface area contributed by atoms with Crippen molar-refractivity contribution in [3.05, 3.63) is 29.8 Å². The molecule has 2 atom stereocenters. The first-order chi connectivity index (χ1) is 19.1. The Labute approximate surface area is 237 Å². The van der Waals surface area contributed by atoms with E-state index in [2.05, 4.69) is 9.50 Å². The molecule has 41 heavy (non-hydrogen) atoms. The number of methoxy groups -OCH3 is 1. The van der Waals surface area contributed by atoms with Crippen LogP contribution in [0.4, 0.5) is 18.0 Å². The molecular weight excluding hydrogens is 577 g/mol. The molecule has 0 aromatic heterocycles. The smallest absolute Gasteiger partial charge is 0.444 e. The Morgan fingerprint density at radius 3 is 2.15 bits per heavy atom. The number of likely N-dealkylation sites (tertiary alicyclic amines) is 1. The fourth-order valence-electron chi connectivity index (χ4n) is 3.59. The molecule has 1 aliphatic rings. The van der Waals surface area contributed by atoms with Crippen LogP contribution in [0.3, 0.4) is 0 Å². The molecule has 1 aliphatic heterocycles. The van der Waals surface area contributed by atoms with Crippen LogP contribution in [0.2, 0.25) is 0 Å². The lowest BCUT2D eigenvalue weighted by atomic mass is 10.1. The molecule has 2 rings (SSSR count). The summed E-state index contributed by atoms with van der Waals surface area (Å²) >= 11 is 0. The molecule has 1 heterocycles. The number of ether oxygens (including phenoxy) is 5. The van der Waals surface area contributed by atoms with Gasteiger partial charge < -0.3 is 38.1 Å². The molecule has 1 aromatic rings. The molecule has 1 unspecified atom stereocenters. The Morgan fingerprint density at radius 2 is 1.59 bits per heavy atom.